The molecule has 2 aliphatic heterocycles. The molecule has 2 aromatic carbocycles. The SMILES string of the molecule is Cl.NC(=O)c1ccc(C(=O)N2CCOCC2)cc1C[C@@H](O)[C@H]1Cc2ccccc2CN1. The normalized spacial score (nSPS) is 19.1. The van der Waals surface area contributed by atoms with Gasteiger partial charge in [-0.25, -0.2) is 0 Å². The van der Waals surface area contributed by atoms with Crippen molar-refractivity contribution >= 4 is 24.2 Å². The molecule has 2 amide bonds. The Balaban J connectivity index is 0.00000272. The second-order valence-corrected chi connectivity index (χ2v) is 7.87. The lowest BCUT2D eigenvalue weighted by Gasteiger charge is -2.30. The highest BCUT2D eigenvalue weighted by atomic mass is 35.5. The molecule has 1 fully saturated rings. The fourth-order valence-electron chi connectivity index (χ4n) is 4.20. The Morgan fingerprint density at radius 2 is 1.87 bits per heavy atom. The number of hydrogen-bond donors (Lipinski definition) is 3. The molecular weight excluding hydrogens is 418 g/mol. The van der Waals surface area contributed by atoms with E-state index in [1.165, 1.54) is 11.1 Å². The third-order valence-electron chi connectivity index (χ3n) is 5.92. The van der Waals surface area contributed by atoms with Crippen LogP contribution in [-0.4, -0.2) is 60.3 Å². The van der Waals surface area contributed by atoms with Gasteiger partial charge in [0.05, 0.1) is 19.3 Å². The van der Waals surface area contributed by atoms with Crippen LogP contribution in [0.4, 0.5) is 0 Å². The van der Waals surface area contributed by atoms with Crippen molar-refractivity contribution in [3.63, 3.8) is 0 Å². The number of nitrogens with zero attached hydrogens (tertiary/aromatic N) is 1. The average molecular weight is 446 g/mol. The molecule has 0 radical (unpaired) electrons. The van der Waals surface area contributed by atoms with Gasteiger partial charge in [-0.1, -0.05) is 24.3 Å². The number of rotatable bonds is 5. The van der Waals surface area contributed by atoms with Crippen LogP contribution in [-0.2, 0) is 24.1 Å². The summed E-state index contributed by atoms with van der Waals surface area (Å²) in [6.45, 7) is 2.81. The number of nitrogens with one attached hydrogen (secondary N) is 1. The largest absolute Gasteiger partial charge is 0.391 e. The van der Waals surface area contributed by atoms with Gasteiger partial charge in [-0.05, 0) is 41.3 Å². The zero-order valence-electron chi connectivity index (χ0n) is 17.3. The number of carbonyl (C=O) groups is 2. The third kappa shape index (κ3) is 5.25. The van der Waals surface area contributed by atoms with Gasteiger partial charge in [0.25, 0.3) is 5.91 Å². The number of aliphatic hydroxyl groups excluding tert-OH is 1. The van der Waals surface area contributed by atoms with Crippen LogP contribution >= 0.6 is 12.4 Å². The molecule has 31 heavy (non-hydrogen) atoms. The van der Waals surface area contributed by atoms with Crippen molar-refractivity contribution in [3.8, 4) is 0 Å². The van der Waals surface area contributed by atoms with Gasteiger partial charge in [0.15, 0.2) is 0 Å². The first-order valence-corrected chi connectivity index (χ1v) is 10.3. The van der Waals surface area contributed by atoms with E-state index in [4.69, 9.17) is 10.5 Å². The predicted molar refractivity (Wildman–Crippen MR) is 119 cm³/mol. The van der Waals surface area contributed by atoms with Crippen LogP contribution in [0.25, 0.3) is 0 Å². The number of morpholine rings is 1. The van der Waals surface area contributed by atoms with Gasteiger partial charge in [-0.15, -0.1) is 12.4 Å². The molecule has 1 saturated heterocycles. The number of aliphatic hydroxyl groups is 1. The number of carbonyl (C=O) groups excluding carboxylic acids is 2. The minimum Gasteiger partial charge on any atom is -0.391 e. The topological polar surface area (TPSA) is 105 Å². The maximum atomic E-state index is 12.8. The Morgan fingerprint density at radius 1 is 1.16 bits per heavy atom. The standard InChI is InChI=1S/C23H27N3O4.ClH/c24-22(28)19-6-5-16(23(29)26-7-9-30-10-8-26)11-18(19)13-21(27)20-12-15-3-1-2-4-17(15)14-25-20;/h1-6,11,20-21,25,27H,7-10,12-14H2,(H2,24,28);1H/t20-,21-;/m1./s1. The lowest BCUT2D eigenvalue weighted by Crippen LogP contribution is -2.45. The summed E-state index contributed by atoms with van der Waals surface area (Å²) in [6, 6.07) is 12.9. The second kappa shape index (κ2) is 10.2. The highest BCUT2D eigenvalue weighted by Crippen LogP contribution is 2.22. The highest BCUT2D eigenvalue weighted by Gasteiger charge is 2.26. The molecule has 8 heteroatoms. The molecule has 0 unspecified atom stereocenters. The number of halogens is 1. The van der Waals surface area contributed by atoms with Crippen LogP contribution in [0.5, 0.6) is 0 Å². The molecular formula is C23H28ClN3O4. The molecule has 2 aromatic rings. The van der Waals surface area contributed by atoms with Crippen molar-refractivity contribution in [3.05, 3.63) is 70.3 Å². The van der Waals surface area contributed by atoms with Crippen molar-refractivity contribution in [2.75, 3.05) is 26.3 Å². The molecule has 2 aliphatic rings. The molecule has 166 valence electrons. The van der Waals surface area contributed by atoms with Crippen LogP contribution in [0.3, 0.4) is 0 Å². The first-order valence-electron chi connectivity index (χ1n) is 10.3. The Labute approximate surface area is 188 Å². The zero-order valence-corrected chi connectivity index (χ0v) is 18.1. The molecule has 0 spiro atoms. The van der Waals surface area contributed by atoms with Crippen molar-refractivity contribution < 1.29 is 19.4 Å². The summed E-state index contributed by atoms with van der Waals surface area (Å²) in [6.07, 6.45) is 0.225. The number of hydrogen-bond acceptors (Lipinski definition) is 5. The van der Waals surface area contributed by atoms with Crippen LogP contribution in [0.1, 0.15) is 37.4 Å². The molecule has 2 heterocycles. The van der Waals surface area contributed by atoms with E-state index in [2.05, 4.69) is 17.4 Å². The van der Waals surface area contributed by atoms with E-state index in [-0.39, 0.29) is 30.8 Å². The van der Waals surface area contributed by atoms with E-state index >= 15 is 0 Å². The van der Waals surface area contributed by atoms with Crippen molar-refractivity contribution in [2.45, 2.75) is 31.5 Å². The third-order valence-corrected chi connectivity index (χ3v) is 5.92. The molecule has 2 atom stereocenters. The lowest BCUT2D eigenvalue weighted by atomic mass is 9.89. The molecule has 0 aromatic heterocycles. The number of benzene rings is 2. The number of primary amides is 1. The fraction of sp³-hybridized carbons (Fsp3) is 0.391. The van der Waals surface area contributed by atoms with E-state index in [0.717, 1.165) is 0 Å². The molecule has 0 saturated carbocycles. The van der Waals surface area contributed by atoms with E-state index in [9.17, 15) is 14.7 Å². The molecule has 4 N–H and O–H groups in total. The van der Waals surface area contributed by atoms with Gasteiger partial charge < -0.3 is 25.8 Å². The van der Waals surface area contributed by atoms with Crippen LogP contribution in [0.2, 0.25) is 0 Å². The van der Waals surface area contributed by atoms with Crippen LogP contribution in [0, 0.1) is 0 Å². The summed E-state index contributed by atoms with van der Waals surface area (Å²) in [5.41, 5.74) is 9.42. The Hall–Kier alpha value is -2.45. The first kappa shape index (κ1) is 23.2. The summed E-state index contributed by atoms with van der Waals surface area (Å²) >= 11 is 0. The van der Waals surface area contributed by atoms with Crippen LogP contribution < -0.4 is 11.1 Å². The Kier molecular flexibility index (Phi) is 7.67. The number of ether oxygens (including phenoxy) is 1. The summed E-state index contributed by atoms with van der Waals surface area (Å²) < 4.78 is 5.31. The molecule has 0 aliphatic carbocycles. The van der Waals surface area contributed by atoms with E-state index < -0.39 is 12.0 Å². The van der Waals surface area contributed by atoms with E-state index in [1.807, 2.05) is 12.1 Å². The van der Waals surface area contributed by atoms with Gasteiger partial charge in [0.1, 0.15) is 0 Å². The quantitative estimate of drug-likeness (QED) is 0.643. The molecule has 7 nitrogen and oxygen atoms in total. The summed E-state index contributed by atoms with van der Waals surface area (Å²) in [5, 5.41) is 14.3. The van der Waals surface area contributed by atoms with Gasteiger partial charge in [0, 0.05) is 43.2 Å². The number of amides is 2. The lowest BCUT2D eigenvalue weighted by molar-refractivity contribution is 0.0302. The maximum Gasteiger partial charge on any atom is 0.254 e. The Morgan fingerprint density at radius 3 is 2.58 bits per heavy atom. The van der Waals surface area contributed by atoms with Gasteiger partial charge in [-0.3, -0.25) is 9.59 Å². The van der Waals surface area contributed by atoms with Crippen molar-refractivity contribution in [1.29, 1.82) is 0 Å². The molecule has 4 rings (SSSR count). The molecule has 0 bridgehead atoms. The number of fused-ring (bicyclic) bond motifs is 1. The van der Waals surface area contributed by atoms with Gasteiger partial charge >= 0.3 is 0 Å². The summed E-state index contributed by atoms with van der Waals surface area (Å²) in [4.78, 5) is 26.5. The Bertz CT molecular complexity index is 946. The summed E-state index contributed by atoms with van der Waals surface area (Å²) in [7, 11) is 0. The monoisotopic (exact) mass is 445 g/mol. The average Bonchev–Trinajstić information content (AvgIpc) is 2.78. The van der Waals surface area contributed by atoms with Gasteiger partial charge in [0.2, 0.25) is 5.91 Å². The minimum absolute atomic E-state index is 0. The van der Waals surface area contributed by atoms with E-state index in [1.54, 1.807) is 23.1 Å². The maximum absolute atomic E-state index is 12.8. The summed E-state index contributed by atoms with van der Waals surface area (Å²) in [5.74, 6) is -0.667. The van der Waals surface area contributed by atoms with Gasteiger partial charge in [-0.2, -0.15) is 0 Å². The fourth-order valence-corrected chi connectivity index (χ4v) is 4.20. The smallest absolute Gasteiger partial charge is 0.254 e. The minimum atomic E-state index is -0.717. The van der Waals surface area contributed by atoms with Crippen LogP contribution in [0.15, 0.2) is 42.5 Å². The predicted octanol–water partition coefficient (Wildman–Crippen LogP) is 1.30. The first-order chi connectivity index (χ1) is 14.5. The van der Waals surface area contributed by atoms with Crippen molar-refractivity contribution in [1.82, 2.24) is 10.2 Å². The van der Waals surface area contributed by atoms with Crippen molar-refractivity contribution in [2.24, 2.45) is 5.73 Å². The number of nitrogens with two attached hydrogens (primary N) is 1. The highest BCUT2D eigenvalue weighted by molar-refractivity contribution is 5.98. The van der Waals surface area contributed by atoms with E-state index in [0.29, 0.717) is 56.0 Å². The zero-order chi connectivity index (χ0) is 21.1. The second-order valence-electron chi connectivity index (χ2n) is 7.87.